The van der Waals surface area contributed by atoms with Crippen LogP contribution in [0.1, 0.15) is 18.1 Å². The number of benzene rings is 2. The summed E-state index contributed by atoms with van der Waals surface area (Å²) in [5.41, 5.74) is 2.16. The molecule has 0 aliphatic rings. The third-order valence-electron chi connectivity index (χ3n) is 3.43. The monoisotopic (exact) mass is 316 g/mol. The zero-order valence-corrected chi connectivity index (χ0v) is 13.3. The number of nitrogens with zero attached hydrogens (tertiary/aromatic N) is 1. The van der Waals surface area contributed by atoms with Crippen LogP contribution in [0.2, 0.25) is 0 Å². The molecular formula is C18H21FN2O2. The van der Waals surface area contributed by atoms with E-state index in [0.29, 0.717) is 12.2 Å². The molecule has 2 aromatic carbocycles. The minimum atomic E-state index is -0.655. The number of nitrogens with one attached hydrogen (secondary N) is 1. The number of carbonyl (C=O) groups is 1. The number of carbonyl (C=O) groups excluding carboxylic acids is 1. The number of urea groups is 1. The predicted molar refractivity (Wildman–Crippen MR) is 88.7 cm³/mol. The Labute approximate surface area is 135 Å². The van der Waals surface area contributed by atoms with Crippen molar-refractivity contribution in [2.45, 2.75) is 26.5 Å². The first-order valence-corrected chi connectivity index (χ1v) is 7.50. The molecule has 2 N–H and O–H groups in total. The van der Waals surface area contributed by atoms with E-state index in [-0.39, 0.29) is 12.6 Å². The average Bonchev–Trinajstić information content (AvgIpc) is 2.51. The maximum atomic E-state index is 13.4. The van der Waals surface area contributed by atoms with E-state index < -0.39 is 11.9 Å². The molecule has 122 valence electrons. The molecule has 2 aromatic rings. The Morgan fingerprint density at radius 1 is 1.26 bits per heavy atom. The minimum absolute atomic E-state index is 0.190. The Kier molecular flexibility index (Phi) is 5.71. The molecule has 2 rings (SSSR count). The summed E-state index contributed by atoms with van der Waals surface area (Å²) in [5.74, 6) is -0.406. The normalized spacial score (nSPS) is 11.8. The Morgan fingerprint density at radius 2 is 1.96 bits per heavy atom. The van der Waals surface area contributed by atoms with E-state index in [1.165, 1.54) is 17.0 Å². The largest absolute Gasteiger partial charge is 0.392 e. The second-order valence-corrected chi connectivity index (χ2v) is 5.60. The zero-order chi connectivity index (χ0) is 16.8. The van der Waals surface area contributed by atoms with Crippen LogP contribution in [-0.2, 0) is 6.54 Å². The molecule has 5 heteroatoms. The molecule has 0 bridgehead atoms. The highest BCUT2D eigenvalue weighted by atomic mass is 19.1. The van der Waals surface area contributed by atoms with Crippen molar-refractivity contribution < 1.29 is 14.3 Å². The first kappa shape index (κ1) is 17.0. The second-order valence-electron chi connectivity index (χ2n) is 5.60. The number of hydrogen-bond acceptors (Lipinski definition) is 2. The maximum Gasteiger partial charge on any atom is 0.322 e. The van der Waals surface area contributed by atoms with Gasteiger partial charge in [-0.05, 0) is 37.1 Å². The highest BCUT2D eigenvalue weighted by molar-refractivity contribution is 5.90. The lowest BCUT2D eigenvalue weighted by Crippen LogP contribution is -2.39. The van der Waals surface area contributed by atoms with Crippen molar-refractivity contribution in [1.82, 2.24) is 4.90 Å². The Balaban J connectivity index is 2.14. The van der Waals surface area contributed by atoms with Crippen molar-refractivity contribution in [2.24, 2.45) is 0 Å². The lowest BCUT2D eigenvalue weighted by Gasteiger charge is -2.25. The predicted octanol–water partition coefficient (Wildman–Crippen LogP) is 3.55. The molecule has 0 fully saturated rings. The van der Waals surface area contributed by atoms with Crippen LogP contribution in [0.4, 0.5) is 14.9 Å². The van der Waals surface area contributed by atoms with Gasteiger partial charge in [-0.2, -0.15) is 0 Å². The number of anilines is 1. The van der Waals surface area contributed by atoms with Crippen molar-refractivity contribution in [3.05, 3.63) is 65.5 Å². The number of aliphatic hydroxyl groups is 1. The van der Waals surface area contributed by atoms with Gasteiger partial charge < -0.3 is 15.3 Å². The molecule has 0 aliphatic heterocycles. The van der Waals surface area contributed by atoms with Gasteiger partial charge in [0.15, 0.2) is 0 Å². The maximum absolute atomic E-state index is 13.4. The summed E-state index contributed by atoms with van der Waals surface area (Å²) < 4.78 is 13.4. The van der Waals surface area contributed by atoms with Crippen LogP contribution in [0.15, 0.2) is 48.5 Å². The highest BCUT2D eigenvalue weighted by Crippen LogP contribution is 2.17. The van der Waals surface area contributed by atoms with Crippen molar-refractivity contribution in [1.29, 1.82) is 0 Å². The van der Waals surface area contributed by atoms with Gasteiger partial charge >= 0.3 is 6.03 Å². The van der Waals surface area contributed by atoms with E-state index in [4.69, 9.17) is 0 Å². The van der Waals surface area contributed by atoms with Gasteiger partial charge in [-0.1, -0.05) is 36.4 Å². The van der Waals surface area contributed by atoms with Crippen LogP contribution < -0.4 is 5.32 Å². The fraction of sp³-hybridized carbons (Fsp3) is 0.278. The number of aryl methyl sites for hydroxylation is 1. The fourth-order valence-corrected chi connectivity index (χ4v) is 2.27. The third kappa shape index (κ3) is 5.07. The van der Waals surface area contributed by atoms with Crippen LogP contribution in [0.3, 0.4) is 0 Å². The molecule has 0 aliphatic carbocycles. The average molecular weight is 316 g/mol. The molecular weight excluding hydrogens is 295 g/mol. The summed E-state index contributed by atoms with van der Waals surface area (Å²) in [5, 5.41) is 12.3. The second kappa shape index (κ2) is 7.74. The van der Waals surface area contributed by atoms with Crippen molar-refractivity contribution in [3.63, 3.8) is 0 Å². The Morgan fingerprint density at radius 3 is 2.61 bits per heavy atom. The van der Waals surface area contributed by atoms with E-state index in [2.05, 4.69) is 5.32 Å². The first-order valence-electron chi connectivity index (χ1n) is 7.50. The van der Waals surface area contributed by atoms with Crippen LogP contribution in [0.25, 0.3) is 0 Å². The van der Waals surface area contributed by atoms with Crippen LogP contribution in [-0.4, -0.2) is 28.7 Å². The van der Waals surface area contributed by atoms with Crippen molar-refractivity contribution in [2.75, 3.05) is 11.9 Å². The standard InChI is InChI=1S/C18H21FN2O2/c1-13-8-9-16(19)10-17(13)20-18(23)21(11-14(2)22)12-15-6-4-3-5-7-15/h3-10,14,22H,11-12H2,1-2H3,(H,20,23)/t14-/m1/s1. The summed E-state index contributed by atoms with van der Waals surface area (Å²) in [7, 11) is 0. The zero-order valence-electron chi connectivity index (χ0n) is 13.3. The summed E-state index contributed by atoms with van der Waals surface area (Å²) in [4.78, 5) is 14.0. The Bertz CT molecular complexity index is 659. The number of halogens is 1. The molecule has 0 saturated heterocycles. The third-order valence-corrected chi connectivity index (χ3v) is 3.43. The van der Waals surface area contributed by atoms with Crippen LogP contribution in [0, 0.1) is 12.7 Å². The number of rotatable bonds is 5. The molecule has 0 spiro atoms. The first-order chi connectivity index (χ1) is 11.0. The van der Waals surface area contributed by atoms with Gasteiger partial charge in [0.1, 0.15) is 5.82 Å². The minimum Gasteiger partial charge on any atom is -0.392 e. The van der Waals surface area contributed by atoms with Crippen molar-refractivity contribution in [3.8, 4) is 0 Å². The van der Waals surface area contributed by atoms with E-state index in [9.17, 15) is 14.3 Å². The van der Waals surface area contributed by atoms with E-state index >= 15 is 0 Å². The van der Waals surface area contributed by atoms with Gasteiger partial charge in [-0.15, -0.1) is 0 Å². The fourth-order valence-electron chi connectivity index (χ4n) is 2.27. The summed E-state index contributed by atoms with van der Waals surface area (Å²) in [6.07, 6.45) is -0.655. The highest BCUT2D eigenvalue weighted by Gasteiger charge is 2.17. The Hall–Kier alpha value is -2.40. The summed E-state index contributed by atoms with van der Waals surface area (Å²) >= 11 is 0. The molecule has 0 unspecified atom stereocenters. The van der Waals surface area contributed by atoms with E-state index in [0.717, 1.165) is 11.1 Å². The van der Waals surface area contributed by atoms with Crippen LogP contribution in [0.5, 0.6) is 0 Å². The lowest BCUT2D eigenvalue weighted by molar-refractivity contribution is 0.135. The molecule has 1 atom stereocenters. The van der Waals surface area contributed by atoms with Gasteiger partial charge in [0.2, 0.25) is 0 Å². The molecule has 0 radical (unpaired) electrons. The van der Waals surface area contributed by atoms with Gasteiger partial charge in [0, 0.05) is 18.8 Å². The molecule has 4 nitrogen and oxygen atoms in total. The summed E-state index contributed by atoms with van der Waals surface area (Å²) in [6.45, 7) is 3.98. The molecule has 0 saturated carbocycles. The van der Waals surface area contributed by atoms with E-state index in [1.54, 1.807) is 19.9 Å². The number of amides is 2. The van der Waals surface area contributed by atoms with Gasteiger partial charge in [-0.25, -0.2) is 9.18 Å². The SMILES string of the molecule is Cc1ccc(F)cc1NC(=O)N(Cc1ccccc1)C[C@@H](C)O. The number of hydrogen-bond donors (Lipinski definition) is 2. The lowest BCUT2D eigenvalue weighted by atomic mass is 10.2. The molecule has 2 amide bonds. The molecule has 0 heterocycles. The smallest absolute Gasteiger partial charge is 0.322 e. The topological polar surface area (TPSA) is 52.6 Å². The molecule has 0 aromatic heterocycles. The van der Waals surface area contributed by atoms with Gasteiger partial charge in [0.05, 0.1) is 6.10 Å². The quantitative estimate of drug-likeness (QED) is 0.886. The van der Waals surface area contributed by atoms with Gasteiger partial charge in [-0.3, -0.25) is 0 Å². The molecule has 23 heavy (non-hydrogen) atoms. The van der Waals surface area contributed by atoms with Crippen molar-refractivity contribution >= 4 is 11.7 Å². The number of aliphatic hydroxyl groups excluding tert-OH is 1. The van der Waals surface area contributed by atoms with Gasteiger partial charge in [0.25, 0.3) is 0 Å². The summed E-state index contributed by atoms with van der Waals surface area (Å²) in [6, 6.07) is 13.4. The van der Waals surface area contributed by atoms with Crippen LogP contribution >= 0.6 is 0 Å². The van der Waals surface area contributed by atoms with E-state index in [1.807, 2.05) is 30.3 Å².